The van der Waals surface area contributed by atoms with Gasteiger partial charge in [-0.2, -0.15) is 14.9 Å². The molecule has 0 atom stereocenters. The van der Waals surface area contributed by atoms with Crippen LogP contribution >= 0.6 is 0 Å². The van der Waals surface area contributed by atoms with Crippen molar-refractivity contribution in [1.82, 2.24) is 30.0 Å². The molecule has 3 heterocycles. The fourth-order valence-electron chi connectivity index (χ4n) is 2.66. The minimum atomic E-state index is -0.137. The smallest absolute Gasteiger partial charge is 0.276 e. The lowest BCUT2D eigenvalue weighted by molar-refractivity contribution is 0.0562. The number of aromatic nitrogens is 5. The predicted octanol–water partition coefficient (Wildman–Crippen LogP) is 2.01. The van der Waals surface area contributed by atoms with Crippen LogP contribution in [0, 0.1) is 0 Å². The molecule has 8 heteroatoms. The number of amides is 1. The van der Waals surface area contributed by atoms with Crippen LogP contribution in [0.5, 0.6) is 0 Å². The summed E-state index contributed by atoms with van der Waals surface area (Å²) in [4.78, 5) is 20.1. The monoisotopic (exact) mass is 338 g/mol. The molecule has 1 saturated heterocycles. The van der Waals surface area contributed by atoms with Crippen molar-refractivity contribution < 1.29 is 9.32 Å². The van der Waals surface area contributed by atoms with Gasteiger partial charge >= 0.3 is 0 Å². The Bertz CT molecular complexity index is 879. The Hall–Kier alpha value is -3.03. The average Bonchev–Trinajstić information content (AvgIpc) is 3.24. The molecule has 1 aliphatic rings. The van der Waals surface area contributed by atoms with Gasteiger partial charge in [0.05, 0.1) is 17.8 Å². The first kappa shape index (κ1) is 15.5. The molecule has 2 aromatic heterocycles. The van der Waals surface area contributed by atoms with Crippen molar-refractivity contribution in [2.45, 2.75) is 25.7 Å². The second-order valence-electron chi connectivity index (χ2n) is 6.41. The summed E-state index contributed by atoms with van der Waals surface area (Å²) in [6.45, 7) is 5.14. The van der Waals surface area contributed by atoms with E-state index in [4.69, 9.17) is 4.52 Å². The van der Waals surface area contributed by atoms with Crippen molar-refractivity contribution in [2.24, 2.45) is 0 Å². The van der Waals surface area contributed by atoms with E-state index >= 15 is 0 Å². The van der Waals surface area contributed by atoms with Gasteiger partial charge in [0.2, 0.25) is 5.89 Å². The first-order valence-electron chi connectivity index (χ1n) is 8.22. The Morgan fingerprint density at radius 3 is 2.68 bits per heavy atom. The molecule has 0 radical (unpaired) electrons. The van der Waals surface area contributed by atoms with Gasteiger partial charge in [-0.05, 0) is 12.1 Å². The maximum atomic E-state index is 12.5. The molecule has 0 saturated carbocycles. The average molecular weight is 338 g/mol. The van der Waals surface area contributed by atoms with Crippen LogP contribution in [0.1, 0.15) is 47.9 Å². The van der Waals surface area contributed by atoms with Crippen molar-refractivity contribution in [3.8, 4) is 5.69 Å². The lowest BCUT2D eigenvalue weighted by Crippen LogP contribution is -2.48. The fraction of sp³-hybridized carbons (Fsp3) is 0.353. The second-order valence-corrected chi connectivity index (χ2v) is 6.41. The van der Waals surface area contributed by atoms with E-state index in [9.17, 15) is 4.79 Å². The van der Waals surface area contributed by atoms with Crippen molar-refractivity contribution >= 4 is 5.91 Å². The molecule has 0 bridgehead atoms. The molecule has 4 rings (SSSR count). The zero-order valence-corrected chi connectivity index (χ0v) is 14.0. The summed E-state index contributed by atoms with van der Waals surface area (Å²) in [5.41, 5.74) is 1.14. The lowest BCUT2D eigenvalue weighted by atomic mass is 9.99. The molecule has 3 aromatic rings. The zero-order chi connectivity index (χ0) is 17.4. The number of benzene rings is 1. The van der Waals surface area contributed by atoms with Gasteiger partial charge in [0, 0.05) is 19.0 Å². The molecule has 8 nitrogen and oxygen atoms in total. The van der Waals surface area contributed by atoms with Gasteiger partial charge in [-0.25, -0.2) is 0 Å². The number of para-hydroxylation sites is 1. The van der Waals surface area contributed by atoms with E-state index in [0.717, 1.165) is 5.69 Å². The van der Waals surface area contributed by atoms with E-state index in [1.807, 2.05) is 44.2 Å². The number of nitrogens with zero attached hydrogens (tertiary/aromatic N) is 6. The number of hydrogen-bond donors (Lipinski definition) is 0. The third-order valence-electron chi connectivity index (χ3n) is 4.19. The van der Waals surface area contributed by atoms with Crippen LogP contribution < -0.4 is 0 Å². The van der Waals surface area contributed by atoms with E-state index in [-0.39, 0.29) is 17.7 Å². The summed E-state index contributed by atoms with van der Waals surface area (Å²) in [7, 11) is 0. The van der Waals surface area contributed by atoms with Crippen LogP contribution in [0.15, 0.2) is 41.1 Å². The third kappa shape index (κ3) is 2.90. The summed E-state index contributed by atoms with van der Waals surface area (Å²) >= 11 is 0. The van der Waals surface area contributed by atoms with E-state index in [0.29, 0.717) is 30.5 Å². The molecule has 0 N–H and O–H groups in total. The normalized spacial score (nSPS) is 14.8. The molecule has 1 fully saturated rings. The Morgan fingerprint density at radius 1 is 1.24 bits per heavy atom. The molecule has 128 valence electrons. The number of rotatable bonds is 4. The zero-order valence-electron chi connectivity index (χ0n) is 14.0. The molecule has 1 aromatic carbocycles. The van der Waals surface area contributed by atoms with Crippen LogP contribution in [0.25, 0.3) is 5.69 Å². The molecule has 0 aliphatic carbocycles. The van der Waals surface area contributed by atoms with Gasteiger partial charge in [0.25, 0.3) is 5.91 Å². The number of likely N-dealkylation sites (tertiary alicyclic amines) is 1. The van der Waals surface area contributed by atoms with Gasteiger partial charge in [-0.15, -0.1) is 5.10 Å². The van der Waals surface area contributed by atoms with Gasteiger partial charge in [0.15, 0.2) is 11.5 Å². The van der Waals surface area contributed by atoms with Gasteiger partial charge in [-0.1, -0.05) is 37.2 Å². The van der Waals surface area contributed by atoms with Gasteiger partial charge in [-0.3, -0.25) is 4.79 Å². The SMILES string of the molecule is CC(C)c1noc(C2CN(C(=O)c3cnn(-c4ccccc4)n3)C2)n1. The molecular weight excluding hydrogens is 320 g/mol. The topological polar surface area (TPSA) is 89.9 Å². The quantitative estimate of drug-likeness (QED) is 0.723. The molecule has 25 heavy (non-hydrogen) atoms. The van der Waals surface area contributed by atoms with Gasteiger partial charge < -0.3 is 9.42 Å². The number of carbonyl (C=O) groups excluding carboxylic acids is 1. The number of carbonyl (C=O) groups is 1. The minimum absolute atomic E-state index is 0.0909. The minimum Gasteiger partial charge on any atom is -0.339 e. The summed E-state index contributed by atoms with van der Waals surface area (Å²) in [6, 6.07) is 9.49. The van der Waals surface area contributed by atoms with E-state index in [1.165, 1.54) is 11.0 Å². The molecule has 0 unspecified atom stereocenters. The molecular formula is C17H18N6O2. The maximum Gasteiger partial charge on any atom is 0.276 e. The number of hydrogen-bond acceptors (Lipinski definition) is 6. The second kappa shape index (κ2) is 6.12. The fourth-order valence-corrected chi connectivity index (χ4v) is 2.66. The summed E-state index contributed by atoms with van der Waals surface area (Å²) < 4.78 is 5.29. The predicted molar refractivity (Wildman–Crippen MR) is 88.4 cm³/mol. The van der Waals surface area contributed by atoms with Crippen molar-refractivity contribution in [2.75, 3.05) is 13.1 Å². The van der Waals surface area contributed by atoms with Crippen LogP contribution in [0.2, 0.25) is 0 Å². The van der Waals surface area contributed by atoms with Gasteiger partial charge in [0.1, 0.15) is 0 Å². The highest BCUT2D eigenvalue weighted by Gasteiger charge is 2.37. The summed E-state index contributed by atoms with van der Waals surface area (Å²) in [5.74, 6) is 1.48. The lowest BCUT2D eigenvalue weighted by Gasteiger charge is -2.36. The maximum absolute atomic E-state index is 12.5. The Balaban J connectivity index is 1.41. The highest BCUT2D eigenvalue weighted by molar-refractivity contribution is 5.92. The standard InChI is InChI=1S/C17H18N6O2/c1-11(2)15-19-16(25-21-15)12-9-22(10-12)17(24)14-8-18-23(20-14)13-6-4-3-5-7-13/h3-8,11-12H,9-10H2,1-2H3. The van der Waals surface area contributed by atoms with E-state index < -0.39 is 0 Å². The highest BCUT2D eigenvalue weighted by Crippen LogP contribution is 2.27. The molecule has 1 aliphatic heterocycles. The Morgan fingerprint density at radius 2 is 2.00 bits per heavy atom. The largest absolute Gasteiger partial charge is 0.339 e. The first-order valence-corrected chi connectivity index (χ1v) is 8.22. The van der Waals surface area contributed by atoms with Crippen LogP contribution in [-0.2, 0) is 0 Å². The molecule has 1 amide bonds. The Labute approximate surface area is 144 Å². The van der Waals surface area contributed by atoms with Crippen LogP contribution in [-0.4, -0.2) is 49.0 Å². The third-order valence-corrected chi connectivity index (χ3v) is 4.19. The van der Waals surface area contributed by atoms with Crippen molar-refractivity contribution in [3.05, 3.63) is 53.9 Å². The summed E-state index contributed by atoms with van der Waals surface area (Å²) in [6.07, 6.45) is 1.49. The van der Waals surface area contributed by atoms with Crippen molar-refractivity contribution in [1.29, 1.82) is 0 Å². The van der Waals surface area contributed by atoms with E-state index in [1.54, 1.807) is 4.90 Å². The Kier molecular flexibility index (Phi) is 3.79. The first-order chi connectivity index (χ1) is 12.1. The van der Waals surface area contributed by atoms with Crippen molar-refractivity contribution in [3.63, 3.8) is 0 Å². The van der Waals surface area contributed by atoms with Crippen LogP contribution in [0.4, 0.5) is 0 Å². The highest BCUT2D eigenvalue weighted by atomic mass is 16.5. The molecule has 0 spiro atoms. The van der Waals surface area contributed by atoms with Crippen LogP contribution in [0.3, 0.4) is 0 Å². The summed E-state index contributed by atoms with van der Waals surface area (Å²) in [5, 5.41) is 12.4. The van der Waals surface area contributed by atoms with E-state index in [2.05, 4.69) is 20.3 Å².